The van der Waals surface area contributed by atoms with Gasteiger partial charge in [-0.05, 0) is 24.3 Å². The third-order valence-electron chi connectivity index (χ3n) is 3.07. The summed E-state index contributed by atoms with van der Waals surface area (Å²) >= 11 is 18.0. The Kier molecular flexibility index (Phi) is 4.34. The minimum atomic E-state index is -0.450. The van der Waals surface area contributed by atoms with E-state index in [1.165, 1.54) is 12.1 Å². The number of fused-ring (bicyclic) bond motifs is 1. The first kappa shape index (κ1) is 15.3. The summed E-state index contributed by atoms with van der Waals surface area (Å²) in [5, 5.41) is 3.32. The van der Waals surface area contributed by atoms with Gasteiger partial charge in [0.25, 0.3) is 5.91 Å². The molecule has 0 bridgehead atoms. The van der Waals surface area contributed by atoms with Crippen molar-refractivity contribution in [3.8, 4) is 11.5 Å². The number of carbonyl (C=O) groups is 1. The summed E-state index contributed by atoms with van der Waals surface area (Å²) in [4.78, 5) is 12.4. The number of anilines is 1. The van der Waals surface area contributed by atoms with Crippen LogP contribution in [0.5, 0.6) is 11.5 Å². The highest BCUT2D eigenvalue weighted by Crippen LogP contribution is 2.34. The van der Waals surface area contributed by atoms with Gasteiger partial charge in [0.1, 0.15) is 13.2 Å². The summed E-state index contributed by atoms with van der Waals surface area (Å²) in [5.41, 5.74) is 0.673. The van der Waals surface area contributed by atoms with Crippen molar-refractivity contribution >= 4 is 46.4 Å². The van der Waals surface area contributed by atoms with Gasteiger partial charge in [-0.3, -0.25) is 4.79 Å². The largest absolute Gasteiger partial charge is 0.486 e. The molecule has 1 heterocycles. The van der Waals surface area contributed by atoms with Crippen molar-refractivity contribution in [1.29, 1.82) is 0 Å². The molecule has 0 fully saturated rings. The van der Waals surface area contributed by atoms with E-state index in [-0.39, 0.29) is 20.6 Å². The Labute approximate surface area is 141 Å². The van der Waals surface area contributed by atoms with Gasteiger partial charge in [0.15, 0.2) is 11.5 Å². The minimum absolute atomic E-state index is 0.115. The summed E-state index contributed by atoms with van der Waals surface area (Å²) < 4.78 is 10.9. The summed E-state index contributed by atoms with van der Waals surface area (Å²) in [7, 11) is 0. The van der Waals surface area contributed by atoms with Crippen LogP contribution >= 0.6 is 34.8 Å². The van der Waals surface area contributed by atoms with Gasteiger partial charge in [0.2, 0.25) is 0 Å². The van der Waals surface area contributed by atoms with E-state index in [0.29, 0.717) is 30.4 Å². The van der Waals surface area contributed by atoms with Gasteiger partial charge in [-0.1, -0.05) is 34.8 Å². The van der Waals surface area contributed by atoms with Crippen molar-refractivity contribution in [2.45, 2.75) is 0 Å². The van der Waals surface area contributed by atoms with E-state index in [0.717, 1.165) is 0 Å². The van der Waals surface area contributed by atoms with E-state index in [4.69, 9.17) is 44.3 Å². The Bertz CT molecular complexity index is 749. The molecule has 1 N–H and O–H groups in total. The normalized spacial score (nSPS) is 12.9. The van der Waals surface area contributed by atoms with Crippen LogP contribution in [0.15, 0.2) is 30.3 Å². The predicted molar refractivity (Wildman–Crippen MR) is 86.9 cm³/mol. The molecule has 22 heavy (non-hydrogen) atoms. The second kappa shape index (κ2) is 6.24. The fourth-order valence-corrected chi connectivity index (χ4v) is 2.75. The second-order valence-corrected chi connectivity index (χ2v) is 5.72. The fraction of sp³-hybridized carbons (Fsp3) is 0.133. The number of halogens is 3. The van der Waals surface area contributed by atoms with Crippen molar-refractivity contribution in [1.82, 2.24) is 0 Å². The standard InChI is InChI=1S/C15H10Cl3NO3/c16-9-2-3-10(17)14(18)13(9)15(20)19-8-1-4-11-12(7-8)22-6-5-21-11/h1-4,7H,5-6H2,(H,19,20). The zero-order valence-electron chi connectivity index (χ0n) is 11.2. The predicted octanol–water partition coefficient (Wildman–Crippen LogP) is 4.67. The average Bonchev–Trinajstić information content (AvgIpc) is 2.51. The Morgan fingerprint density at radius 2 is 1.64 bits per heavy atom. The zero-order chi connectivity index (χ0) is 15.7. The lowest BCUT2D eigenvalue weighted by Crippen LogP contribution is -2.17. The van der Waals surface area contributed by atoms with Crippen LogP contribution in [0.1, 0.15) is 10.4 Å². The van der Waals surface area contributed by atoms with E-state index in [1.807, 2.05) is 0 Å². The van der Waals surface area contributed by atoms with Crippen LogP contribution in [0, 0.1) is 0 Å². The summed E-state index contributed by atoms with van der Waals surface area (Å²) in [6, 6.07) is 8.17. The highest BCUT2D eigenvalue weighted by Gasteiger charge is 2.19. The van der Waals surface area contributed by atoms with Crippen LogP contribution in [0.4, 0.5) is 5.69 Å². The molecule has 0 saturated heterocycles. The summed E-state index contributed by atoms with van der Waals surface area (Å²) in [6.07, 6.45) is 0. The summed E-state index contributed by atoms with van der Waals surface area (Å²) in [6.45, 7) is 0.975. The number of hydrogen-bond acceptors (Lipinski definition) is 3. The second-order valence-electron chi connectivity index (χ2n) is 4.53. The maximum absolute atomic E-state index is 12.4. The summed E-state index contributed by atoms with van der Waals surface area (Å²) in [5.74, 6) is 0.768. The molecule has 114 valence electrons. The van der Waals surface area contributed by atoms with Gasteiger partial charge >= 0.3 is 0 Å². The van der Waals surface area contributed by atoms with Crippen molar-refractivity contribution < 1.29 is 14.3 Å². The van der Waals surface area contributed by atoms with Crippen molar-refractivity contribution in [3.63, 3.8) is 0 Å². The molecule has 1 amide bonds. The molecule has 1 aliphatic heterocycles. The molecule has 0 spiro atoms. The quantitative estimate of drug-likeness (QED) is 0.794. The zero-order valence-corrected chi connectivity index (χ0v) is 13.4. The van der Waals surface area contributed by atoms with Gasteiger partial charge in [-0.25, -0.2) is 0 Å². The molecule has 0 saturated carbocycles. The minimum Gasteiger partial charge on any atom is -0.486 e. The van der Waals surface area contributed by atoms with Crippen LogP contribution in [0.25, 0.3) is 0 Å². The van der Waals surface area contributed by atoms with Gasteiger partial charge in [0, 0.05) is 11.8 Å². The molecule has 0 radical (unpaired) electrons. The third-order valence-corrected chi connectivity index (χ3v) is 4.19. The number of nitrogens with one attached hydrogen (secondary N) is 1. The van der Waals surface area contributed by atoms with Crippen LogP contribution in [0.3, 0.4) is 0 Å². The number of amides is 1. The average molecular weight is 359 g/mol. The Hall–Kier alpha value is -1.62. The van der Waals surface area contributed by atoms with Crippen LogP contribution in [-0.2, 0) is 0 Å². The number of carbonyl (C=O) groups excluding carboxylic acids is 1. The molecular weight excluding hydrogens is 349 g/mol. The first-order valence-electron chi connectivity index (χ1n) is 6.41. The molecular formula is C15H10Cl3NO3. The SMILES string of the molecule is O=C(Nc1ccc2c(c1)OCCO2)c1c(Cl)ccc(Cl)c1Cl. The monoisotopic (exact) mass is 357 g/mol. The topological polar surface area (TPSA) is 47.6 Å². The Morgan fingerprint density at radius 1 is 0.955 bits per heavy atom. The molecule has 0 aromatic heterocycles. The highest BCUT2D eigenvalue weighted by atomic mass is 35.5. The smallest absolute Gasteiger partial charge is 0.258 e. The van der Waals surface area contributed by atoms with E-state index >= 15 is 0 Å². The molecule has 0 aliphatic carbocycles. The molecule has 2 aromatic carbocycles. The number of benzene rings is 2. The van der Waals surface area contributed by atoms with Gasteiger partial charge < -0.3 is 14.8 Å². The lowest BCUT2D eigenvalue weighted by atomic mass is 10.2. The number of hydrogen-bond donors (Lipinski definition) is 1. The van der Waals surface area contributed by atoms with Gasteiger partial charge in [-0.2, -0.15) is 0 Å². The van der Waals surface area contributed by atoms with Gasteiger partial charge in [0.05, 0.1) is 20.6 Å². The molecule has 4 nitrogen and oxygen atoms in total. The fourth-order valence-electron chi connectivity index (χ4n) is 2.05. The molecule has 0 unspecified atom stereocenters. The van der Waals surface area contributed by atoms with E-state index in [2.05, 4.69) is 5.32 Å². The van der Waals surface area contributed by atoms with Crippen LogP contribution in [-0.4, -0.2) is 19.1 Å². The van der Waals surface area contributed by atoms with E-state index in [1.54, 1.807) is 18.2 Å². The van der Waals surface area contributed by atoms with Crippen molar-refractivity contribution in [2.75, 3.05) is 18.5 Å². The van der Waals surface area contributed by atoms with Crippen molar-refractivity contribution in [3.05, 3.63) is 51.0 Å². The molecule has 7 heteroatoms. The molecule has 1 aliphatic rings. The Balaban J connectivity index is 1.87. The molecule has 2 aromatic rings. The molecule has 0 atom stereocenters. The van der Waals surface area contributed by atoms with E-state index < -0.39 is 5.91 Å². The maximum atomic E-state index is 12.4. The lowest BCUT2D eigenvalue weighted by molar-refractivity contribution is 0.102. The maximum Gasteiger partial charge on any atom is 0.258 e. The molecule has 3 rings (SSSR count). The van der Waals surface area contributed by atoms with Crippen LogP contribution in [0.2, 0.25) is 15.1 Å². The first-order valence-corrected chi connectivity index (χ1v) is 7.54. The Morgan fingerprint density at radius 3 is 2.41 bits per heavy atom. The lowest BCUT2D eigenvalue weighted by Gasteiger charge is -2.19. The number of rotatable bonds is 2. The first-order chi connectivity index (χ1) is 10.6. The third kappa shape index (κ3) is 2.95. The van der Waals surface area contributed by atoms with Gasteiger partial charge in [-0.15, -0.1) is 0 Å². The van der Waals surface area contributed by atoms with E-state index in [9.17, 15) is 4.79 Å². The van der Waals surface area contributed by atoms with Crippen molar-refractivity contribution in [2.24, 2.45) is 0 Å². The van der Waals surface area contributed by atoms with Crippen LogP contribution < -0.4 is 14.8 Å². The highest BCUT2D eigenvalue weighted by molar-refractivity contribution is 6.46. The number of ether oxygens (including phenoxy) is 2.